The quantitative estimate of drug-likeness (QED) is 0.0885. The number of carboxylic acid groups (broad SMARTS) is 1. The Kier molecular flexibility index (Phi) is 15.2. The predicted octanol–water partition coefficient (Wildman–Crippen LogP) is -2.80. The van der Waals surface area contributed by atoms with Crippen LogP contribution < -0.4 is 38.5 Å². The summed E-state index contributed by atoms with van der Waals surface area (Å²) in [6, 6.07) is -4.88. The SMILES string of the molecule is CC[C@H](C)[C@H](NC(=O)[C@@H](N)CC(N)=O)C(=O)N[C@@H](CCC(N)=O)C(=O)N[C@@H](CC(C)C)C(=O)NCC(=O)O. The molecule has 0 aliphatic heterocycles. The van der Waals surface area contributed by atoms with E-state index in [1.165, 1.54) is 0 Å². The molecule has 0 aromatic rings. The zero-order chi connectivity index (χ0) is 29.6. The standard InChI is InChI=1S/C23H41N7O8/c1-5-12(4)19(30-20(35)13(24)9-17(26)32)23(38)28-14(6-7-16(25)31)22(37)29-15(8-11(2)3)21(36)27-10-18(33)34/h11-15,19H,5-10,24H2,1-4H3,(H2,25,31)(H2,26,32)(H,27,36)(H,28,38)(H,29,37)(H,30,35)(H,33,34)/t12-,13-,14-,15-,19-/m0/s1. The van der Waals surface area contributed by atoms with E-state index in [-0.39, 0.29) is 25.2 Å². The number of hydrogen-bond donors (Lipinski definition) is 8. The zero-order valence-corrected chi connectivity index (χ0v) is 22.2. The molecule has 0 spiro atoms. The summed E-state index contributed by atoms with van der Waals surface area (Å²) in [6.07, 6.45) is -0.313. The Bertz CT molecular complexity index is 880. The number of nitrogens with two attached hydrogens (primary N) is 3. The van der Waals surface area contributed by atoms with Crippen molar-refractivity contribution in [2.24, 2.45) is 29.0 Å². The molecule has 0 rings (SSSR count). The molecule has 0 unspecified atom stereocenters. The minimum atomic E-state index is -1.32. The zero-order valence-electron chi connectivity index (χ0n) is 22.2. The largest absolute Gasteiger partial charge is 0.480 e. The van der Waals surface area contributed by atoms with Crippen molar-refractivity contribution in [3.63, 3.8) is 0 Å². The van der Waals surface area contributed by atoms with Gasteiger partial charge in [0.05, 0.1) is 12.5 Å². The molecule has 0 fully saturated rings. The number of amides is 6. The van der Waals surface area contributed by atoms with Gasteiger partial charge in [-0.3, -0.25) is 33.6 Å². The molecule has 15 nitrogen and oxygen atoms in total. The number of rotatable bonds is 18. The Morgan fingerprint density at radius 2 is 1.37 bits per heavy atom. The van der Waals surface area contributed by atoms with Crippen molar-refractivity contribution in [3.05, 3.63) is 0 Å². The molecule has 0 saturated heterocycles. The van der Waals surface area contributed by atoms with Gasteiger partial charge < -0.3 is 43.6 Å². The van der Waals surface area contributed by atoms with Crippen LogP contribution in [0.1, 0.15) is 59.8 Å². The lowest BCUT2D eigenvalue weighted by molar-refractivity contribution is -0.138. The number of carbonyl (C=O) groups is 7. The summed E-state index contributed by atoms with van der Waals surface area (Å²) in [6.45, 7) is 6.37. The van der Waals surface area contributed by atoms with Crippen molar-refractivity contribution in [2.75, 3.05) is 6.54 Å². The number of hydrogen-bond acceptors (Lipinski definition) is 8. The van der Waals surface area contributed by atoms with Gasteiger partial charge in [-0.2, -0.15) is 0 Å². The second kappa shape index (κ2) is 16.9. The van der Waals surface area contributed by atoms with Crippen LogP contribution in [0.2, 0.25) is 0 Å². The van der Waals surface area contributed by atoms with Crippen molar-refractivity contribution < 1.29 is 38.7 Å². The monoisotopic (exact) mass is 543 g/mol. The fourth-order valence-electron chi connectivity index (χ4n) is 3.35. The molecule has 6 amide bonds. The van der Waals surface area contributed by atoms with Crippen LogP contribution in [-0.2, 0) is 33.6 Å². The molecule has 38 heavy (non-hydrogen) atoms. The van der Waals surface area contributed by atoms with E-state index in [9.17, 15) is 33.6 Å². The normalized spacial score (nSPS) is 14.8. The highest BCUT2D eigenvalue weighted by molar-refractivity contribution is 5.96. The summed E-state index contributed by atoms with van der Waals surface area (Å²) in [4.78, 5) is 84.5. The maximum absolute atomic E-state index is 13.2. The molecule has 0 aliphatic rings. The van der Waals surface area contributed by atoms with Crippen LogP contribution in [0, 0.1) is 11.8 Å². The minimum absolute atomic E-state index is 0.0656. The van der Waals surface area contributed by atoms with E-state index in [1.54, 1.807) is 27.7 Å². The molecule has 0 aromatic heterocycles. The van der Waals surface area contributed by atoms with Crippen LogP contribution in [0.4, 0.5) is 0 Å². The van der Waals surface area contributed by atoms with Gasteiger partial charge in [0.25, 0.3) is 0 Å². The lowest BCUT2D eigenvalue weighted by Crippen LogP contribution is -2.59. The van der Waals surface area contributed by atoms with Crippen molar-refractivity contribution in [3.8, 4) is 0 Å². The molecule has 0 heterocycles. The smallest absolute Gasteiger partial charge is 0.322 e. The Balaban J connectivity index is 5.80. The molecule has 0 aliphatic carbocycles. The van der Waals surface area contributed by atoms with Crippen LogP contribution >= 0.6 is 0 Å². The maximum atomic E-state index is 13.2. The van der Waals surface area contributed by atoms with Gasteiger partial charge in [-0.05, 0) is 24.7 Å². The third-order valence-electron chi connectivity index (χ3n) is 5.62. The summed E-state index contributed by atoms with van der Waals surface area (Å²) in [5.41, 5.74) is 16.0. The molecule has 216 valence electrons. The van der Waals surface area contributed by atoms with Crippen LogP contribution in [0.3, 0.4) is 0 Å². The van der Waals surface area contributed by atoms with E-state index in [0.717, 1.165) is 0 Å². The first kappa shape index (κ1) is 34.2. The fourth-order valence-corrected chi connectivity index (χ4v) is 3.35. The lowest BCUT2D eigenvalue weighted by atomic mass is 9.96. The van der Waals surface area contributed by atoms with Gasteiger partial charge in [0.15, 0.2) is 0 Å². The van der Waals surface area contributed by atoms with Crippen LogP contribution in [0.15, 0.2) is 0 Å². The molecular weight excluding hydrogens is 502 g/mol. The number of nitrogens with one attached hydrogen (secondary N) is 4. The Morgan fingerprint density at radius 1 is 0.789 bits per heavy atom. The molecule has 0 aromatic carbocycles. The summed E-state index contributed by atoms with van der Waals surface area (Å²) in [7, 11) is 0. The number of primary amides is 2. The van der Waals surface area contributed by atoms with Crippen LogP contribution in [-0.4, -0.2) is 77.2 Å². The molecule has 0 radical (unpaired) electrons. The second-order valence-electron chi connectivity index (χ2n) is 9.52. The highest BCUT2D eigenvalue weighted by Gasteiger charge is 2.33. The maximum Gasteiger partial charge on any atom is 0.322 e. The lowest BCUT2D eigenvalue weighted by Gasteiger charge is -2.28. The van der Waals surface area contributed by atoms with Crippen molar-refractivity contribution in [1.29, 1.82) is 0 Å². The third-order valence-corrected chi connectivity index (χ3v) is 5.62. The molecule has 11 N–H and O–H groups in total. The van der Waals surface area contributed by atoms with Gasteiger partial charge in [-0.15, -0.1) is 0 Å². The summed E-state index contributed by atoms with van der Waals surface area (Å²) in [5, 5.41) is 18.5. The molecule has 0 bridgehead atoms. The van der Waals surface area contributed by atoms with Gasteiger partial charge in [-0.1, -0.05) is 34.1 Å². The molecule has 5 atom stereocenters. The number of carbonyl (C=O) groups excluding carboxylic acids is 6. The Labute approximate surface area is 221 Å². The van der Waals surface area contributed by atoms with Crippen LogP contribution in [0.5, 0.6) is 0 Å². The topological polar surface area (TPSA) is 266 Å². The van der Waals surface area contributed by atoms with Gasteiger partial charge in [0, 0.05) is 6.42 Å². The van der Waals surface area contributed by atoms with E-state index in [0.29, 0.717) is 6.42 Å². The van der Waals surface area contributed by atoms with Gasteiger partial charge in [0.1, 0.15) is 24.7 Å². The number of aliphatic carboxylic acids is 1. The van der Waals surface area contributed by atoms with E-state index < -0.39 is 84.5 Å². The van der Waals surface area contributed by atoms with Crippen LogP contribution in [0.25, 0.3) is 0 Å². The predicted molar refractivity (Wildman–Crippen MR) is 136 cm³/mol. The van der Waals surface area contributed by atoms with Crippen molar-refractivity contribution in [1.82, 2.24) is 21.3 Å². The third kappa shape index (κ3) is 13.5. The summed E-state index contributed by atoms with van der Waals surface area (Å²) in [5.74, 6) is -6.40. The summed E-state index contributed by atoms with van der Waals surface area (Å²) < 4.78 is 0. The average molecular weight is 544 g/mol. The molecule has 0 saturated carbocycles. The first-order valence-corrected chi connectivity index (χ1v) is 12.3. The van der Waals surface area contributed by atoms with Gasteiger partial charge in [-0.25, -0.2) is 0 Å². The molecule has 15 heteroatoms. The van der Waals surface area contributed by atoms with Gasteiger partial charge in [0.2, 0.25) is 35.4 Å². The van der Waals surface area contributed by atoms with Crippen molar-refractivity contribution >= 4 is 41.4 Å². The fraction of sp³-hybridized carbons (Fsp3) is 0.696. The number of carboxylic acids is 1. The second-order valence-corrected chi connectivity index (χ2v) is 9.52. The van der Waals surface area contributed by atoms with E-state index >= 15 is 0 Å². The first-order valence-electron chi connectivity index (χ1n) is 12.3. The van der Waals surface area contributed by atoms with E-state index in [4.69, 9.17) is 22.3 Å². The minimum Gasteiger partial charge on any atom is -0.480 e. The average Bonchev–Trinajstić information content (AvgIpc) is 2.81. The highest BCUT2D eigenvalue weighted by atomic mass is 16.4. The summed E-state index contributed by atoms with van der Waals surface area (Å²) >= 11 is 0. The molecular formula is C23H41N7O8. The first-order chi connectivity index (χ1) is 17.6. The Hall–Kier alpha value is -3.75. The highest BCUT2D eigenvalue weighted by Crippen LogP contribution is 2.11. The van der Waals surface area contributed by atoms with Crippen molar-refractivity contribution in [2.45, 2.75) is 84.0 Å². The Morgan fingerprint density at radius 3 is 1.84 bits per heavy atom. The van der Waals surface area contributed by atoms with E-state index in [1.807, 2.05) is 0 Å². The van der Waals surface area contributed by atoms with E-state index in [2.05, 4.69) is 21.3 Å². The van der Waals surface area contributed by atoms with Gasteiger partial charge >= 0.3 is 5.97 Å².